The van der Waals surface area contributed by atoms with Gasteiger partial charge in [0, 0.05) is 16.8 Å². The quantitative estimate of drug-likeness (QED) is 0.194. The molecule has 0 N–H and O–H groups in total. The lowest BCUT2D eigenvalue weighted by molar-refractivity contribution is 0.0721. The molecule has 6 aromatic rings. The maximum Gasteiger partial charge on any atom is 0.214 e. The molecule has 7 heteroatoms. The Labute approximate surface area is 252 Å². The molecule has 2 atom stereocenters. The second-order valence-electron chi connectivity index (χ2n) is 11.2. The van der Waals surface area contributed by atoms with Crippen LogP contribution in [0.4, 0.5) is 28.4 Å². The fourth-order valence-corrected chi connectivity index (χ4v) is 7.10. The van der Waals surface area contributed by atoms with Crippen molar-refractivity contribution in [3.63, 3.8) is 0 Å². The Balaban J connectivity index is 1.39. The number of rotatable bonds is 2. The van der Waals surface area contributed by atoms with Crippen molar-refractivity contribution in [2.45, 2.75) is 25.0 Å². The molecule has 2 unspecified atom stereocenters. The topological polar surface area (TPSA) is 67.4 Å². The van der Waals surface area contributed by atoms with Crippen molar-refractivity contribution in [1.29, 1.82) is 5.26 Å². The number of hydrogen-bond donors (Lipinski definition) is 0. The molecule has 1 fully saturated rings. The molecule has 2 bridgehead atoms. The summed E-state index contributed by atoms with van der Waals surface area (Å²) in [6, 6.07) is 30.3. The predicted octanol–water partition coefficient (Wildman–Crippen LogP) is 10.7. The third-order valence-corrected chi connectivity index (χ3v) is 8.95. The normalized spacial score (nSPS) is 17.3. The van der Waals surface area contributed by atoms with Crippen LogP contribution in [0.3, 0.4) is 0 Å². The summed E-state index contributed by atoms with van der Waals surface area (Å²) in [6.45, 7) is 16.0. The first-order valence-electron chi connectivity index (χ1n) is 14.4. The maximum absolute atomic E-state index is 10.6. The Bertz CT molecular complexity index is 2350. The van der Waals surface area contributed by atoms with Gasteiger partial charge in [-0.3, -0.25) is 0 Å². The van der Waals surface area contributed by atoms with E-state index in [0.29, 0.717) is 22.8 Å². The van der Waals surface area contributed by atoms with Gasteiger partial charge in [0.2, 0.25) is 11.4 Å². The van der Waals surface area contributed by atoms with Gasteiger partial charge in [-0.05, 0) is 59.4 Å². The van der Waals surface area contributed by atoms with Crippen LogP contribution in [0.5, 0.6) is 11.5 Å². The number of ether oxygens (including phenoxy) is 2. The van der Waals surface area contributed by atoms with E-state index in [4.69, 9.17) is 27.0 Å². The highest BCUT2D eigenvalue weighted by Crippen LogP contribution is 2.64. The van der Waals surface area contributed by atoms with E-state index in [1.807, 2.05) is 89.8 Å². The SMILES string of the molecule is [C-]#[N+]c1c(C#N)c(N2c3ccc(-c4ccccc4)cc3Oc3cc4oc5ccccc5c4cc32)c2c(c1[N+]#[C-])C1CCC2O1. The lowest BCUT2D eigenvalue weighted by Gasteiger charge is -2.36. The molecule has 0 aliphatic carbocycles. The maximum atomic E-state index is 10.6. The molecule has 206 valence electrons. The van der Waals surface area contributed by atoms with E-state index in [1.54, 1.807) is 0 Å². The van der Waals surface area contributed by atoms with E-state index in [0.717, 1.165) is 62.8 Å². The van der Waals surface area contributed by atoms with E-state index >= 15 is 0 Å². The fourth-order valence-electron chi connectivity index (χ4n) is 7.10. The number of hydrogen-bond acceptors (Lipinski definition) is 5. The number of para-hydroxylation sites is 1. The largest absolute Gasteiger partial charge is 0.456 e. The number of nitriles is 1. The van der Waals surface area contributed by atoms with Gasteiger partial charge >= 0.3 is 0 Å². The smallest absolute Gasteiger partial charge is 0.214 e. The molecular weight excluding hydrogens is 548 g/mol. The van der Waals surface area contributed by atoms with E-state index in [-0.39, 0.29) is 29.1 Å². The van der Waals surface area contributed by atoms with Crippen molar-refractivity contribution in [3.05, 3.63) is 124 Å². The summed E-state index contributed by atoms with van der Waals surface area (Å²) in [4.78, 5) is 9.58. The van der Waals surface area contributed by atoms with Gasteiger partial charge in [0.1, 0.15) is 11.2 Å². The van der Waals surface area contributed by atoms with Gasteiger partial charge in [0.15, 0.2) is 11.5 Å². The van der Waals surface area contributed by atoms with Crippen LogP contribution in [-0.2, 0) is 4.74 Å². The van der Waals surface area contributed by atoms with E-state index in [2.05, 4.69) is 15.8 Å². The van der Waals surface area contributed by atoms with Crippen molar-refractivity contribution in [1.82, 2.24) is 0 Å². The van der Waals surface area contributed by atoms with Gasteiger partial charge < -0.3 is 18.8 Å². The van der Waals surface area contributed by atoms with Crippen LogP contribution in [0, 0.1) is 24.5 Å². The molecule has 4 heterocycles. The standard InChI is InChI=1S/C37H20N4O3/c1-39-35-24(19-38)37(34-29-15-14-28(43-29)33(34)36(35)40-2)41-25-13-12-21(20-8-4-3-5-9-20)16-31(25)44-32-18-30-23(17-26(32)41)22-10-6-7-11-27(22)42-30/h3-13,16-18,28-29H,14-15H2. The van der Waals surface area contributed by atoms with Crippen molar-refractivity contribution in [2.75, 3.05) is 4.90 Å². The molecule has 0 spiro atoms. The van der Waals surface area contributed by atoms with Gasteiger partial charge in [0.25, 0.3) is 0 Å². The zero-order valence-electron chi connectivity index (χ0n) is 23.2. The highest BCUT2D eigenvalue weighted by molar-refractivity contribution is 6.09. The fraction of sp³-hybridized carbons (Fsp3) is 0.108. The molecule has 9 rings (SSSR count). The molecule has 3 aliphatic heterocycles. The van der Waals surface area contributed by atoms with Crippen LogP contribution >= 0.6 is 0 Å². The van der Waals surface area contributed by atoms with Crippen molar-refractivity contribution in [2.24, 2.45) is 0 Å². The monoisotopic (exact) mass is 568 g/mol. The van der Waals surface area contributed by atoms with E-state index in [9.17, 15) is 5.26 Å². The molecule has 1 saturated heterocycles. The molecule has 7 nitrogen and oxygen atoms in total. The third kappa shape index (κ3) is 3.21. The summed E-state index contributed by atoms with van der Waals surface area (Å²) in [5.41, 5.74) is 7.54. The summed E-state index contributed by atoms with van der Waals surface area (Å²) >= 11 is 0. The number of benzene rings is 5. The Hall–Kier alpha value is -6.07. The van der Waals surface area contributed by atoms with Crippen LogP contribution in [0.1, 0.15) is 41.7 Å². The van der Waals surface area contributed by atoms with Gasteiger partial charge in [-0.25, -0.2) is 9.69 Å². The van der Waals surface area contributed by atoms with Crippen LogP contribution in [0.15, 0.2) is 89.3 Å². The lowest BCUT2D eigenvalue weighted by atomic mass is 9.85. The summed E-state index contributed by atoms with van der Waals surface area (Å²) in [5, 5.41) is 12.5. The first-order chi connectivity index (χ1) is 21.7. The lowest BCUT2D eigenvalue weighted by Crippen LogP contribution is -2.20. The second kappa shape index (κ2) is 8.96. The summed E-state index contributed by atoms with van der Waals surface area (Å²) in [7, 11) is 0. The van der Waals surface area contributed by atoms with Gasteiger partial charge in [-0.2, -0.15) is 5.26 Å². The average molecular weight is 569 g/mol. The molecule has 0 radical (unpaired) electrons. The van der Waals surface area contributed by atoms with Gasteiger partial charge in [0.05, 0.1) is 54.0 Å². The molecule has 44 heavy (non-hydrogen) atoms. The minimum Gasteiger partial charge on any atom is -0.456 e. The highest BCUT2D eigenvalue weighted by atomic mass is 16.5. The second-order valence-corrected chi connectivity index (χ2v) is 11.2. The number of furan rings is 1. The molecule has 0 saturated carbocycles. The summed E-state index contributed by atoms with van der Waals surface area (Å²) in [5.74, 6) is 1.17. The molecular formula is C37H20N4O3. The first kappa shape index (κ1) is 24.5. The molecule has 5 aromatic carbocycles. The third-order valence-electron chi connectivity index (χ3n) is 8.95. The zero-order chi connectivity index (χ0) is 29.5. The number of nitrogens with zero attached hydrogens (tertiary/aromatic N) is 4. The number of anilines is 3. The van der Waals surface area contributed by atoms with Gasteiger partial charge in [-0.1, -0.05) is 54.6 Å². The minimum absolute atomic E-state index is 0.0673. The molecule has 0 amide bonds. The van der Waals surface area contributed by atoms with Crippen molar-refractivity contribution in [3.8, 4) is 28.7 Å². The minimum atomic E-state index is -0.271. The Morgan fingerprint density at radius 3 is 2.27 bits per heavy atom. The molecule has 1 aromatic heterocycles. The van der Waals surface area contributed by atoms with Crippen LogP contribution < -0.4 is 9.64 Å². The summed E-state index contributed by atoms with van der Waals surface area (Å²) < 4.78 is 19.2. The van der Waals surface area contributed by atoms with Gasteiger partial charge in [-0.15, -0.1) is 0 Å². The van der Waals surface area contributed by atoms with Crippen LogP contribution in [-0.4, -0.2) is 0 Å². The highest BCUT2D eigenvalue weighted by Gasteiger charge is 2.46. The molecule has 3 aliphatic rings. The Kier molecular flexibility index (Phi) is 5.00. The first-order valence-corrected chi connectivity index (χ1v) is 14.4. The average Bonchev–Trinajstić information content (AvgIpc) is 3.79. The van der Waals surface area contributed by atoms with Crippen molar-refractivity contribution < 1.29 is 13.9 Å². The zero-order valence-corrected chi connectivity index (χ0v) is 23.2. The van der Waals surface area contributed by atoms with Crippen LogP contribution in [0.25, 0.3) is 42.8 Å². The van der Waals surface area contributed by atoms with E-state index < -0.39 is 0 Å². The van der Waals surface area contributed by atoms with E-state index in [1.165, 1.54) is 0 Å². The Morgan fingerprint density at radius 1 is 0.727 bits per heavy atom. The number of fused-ring (bicyclic) bond motifs is 10. The Morgan fingerprint density at radius 2 is 1.48 bits per heavy atom. The summed E-state index contributed by atoms with van der Waals surface area (Å²) in [6.07, 6.45) is 1.02. The van der Waals surface area contributed by atoms with Crippen molar-refractivity contribution >= 4 is 50.4 Å². The predicted molar refractivity (Wildman–Crippen MR) is 167 cm³/mol. The van der Waals surface area contributed by atoms with Crippen LogP contribution in [0.2, 0.25) is 0 Å².